The number of nitrogens with zero attached hydrogens (tertiary/aromatic N) is 5. The minimum atomic E-state index is -0.0322. The second-order valence-corrected chi connectivity index (χ2v) is 6.29. The molecule has 24 heavy (non-hydrogen) atoms. The molecule has 3 rings (SSSR count). The van der Waals surface area contributed by atoms with E-state index in [1.165, 1.54) is 0 Å². The number of amides is 2. The van der Waals surface area contributed by atoms with E-state index in [0.717, 1.165) is 31.0 Å². The minimum absolute atomic E-state index is 0.0322. The Labute approximate surface area is 141 Å². The second-order valence-electron chi connectivity index (χ2n) is 6.29. The molecule has 1 aliphatic rings. The van der Waals surface area contributed by atoms with Gasteiger partial charge in [0.25, 0.3) is 0 Å². The lowest BCUT2D eigenvalue weighted by atomic mass is 10.3. The van der Waals surface area contributed by atoms with E-state index in [-0.39, 0.29) is 6.03 Å². The van der Waals surface area contributed by atoms with Gasteiger partial charge in [-0.2, -0.15) is 5.10 Å². The third-order valence-corrected chi connectivity index (χ3v) is 4.15. The molecule has 130 valence electrons. The predicted molar refractivity (Wildman–Crippen MR) is 88.2 cm³/mol. The van der Waals surface area contributed by atoms with Crippen LogP contribution in [-0.4, -0.2) is 56.9 Å². The van der Waals surface area contributed by atoms with Crippen LogP contribution in [0.2, 0.25) is 0 Å². The number of hydrogen-bond donors (Lipinski definition) is 1. The fourth-order valence-electron chi connectivity index (χ4n) is 2.69. The SMILES string of the molecule is CC(C)n1ccc(CNC(=O)N2CCN(Cc3ccon3)CC2)n1. The zero-order valence-corrected chi connectivity index (χ0v) is 14.2. The van der Waals surface area contributed by atoms with E-state index in [1.807, 2.05) is 27.9 Å². The Morgan fingerprint density at radius 2 is 2.04 bits per heavy atom. The van der Waals surface area contributed by atoms with Crippen molar-refractivity contribution in [3.63, 3.8) is 0 Å². The van der Waals surface area contributed by atoms with Gasteiger partial charge in [-0.15, -0.1) is 0 Å². The average molecular weight is 332 g/mol. The van der Waals surface area contributed by atoms with Crippen molar-refractivity contribution >= 4 is 6.03 Å². The lowest BCUT2D eigenvalue weighted by Gasteiger charge is -2.34. The molecule has 1 saturated heterocycles. The Hall–Kier alpha value is -2.35. The molecular formula is C16H24N6O2. The highest BCUT2D eigenvalue weighted by Crippen LogP contribution is 2.08. The molecule has 1 aliphatic heterocycles. The van der Waals surface area contributed by atoms with Crippen LogP contribution in [0.1, 0.15) is 31.3 Å². The summed E-state index contributed by atoms with van der Waals surface area (Å²) in [7, 11) is 0. The summed E-state index contributed by atoms with van der Waals surface area (Å²) in [5.41, 5.74) is 1.80. The summed E-state index contributed by atoms with van der Waals surface area (Å²) in [6.07, 6.45) is 3.52. The Kier molecular flexibility index (Phi) is 5.14. The molecule has 2 aromatic rings. The van der Waals surface area contributed by atoms with Crippen molar-refractivity contribution in [1.82, 2.24) is 30.1 Å². The molecule has 0 spiro atoms. The molecule has 1 fully saturated rings. The minimum Gasteiger partial charge on any atom is -0.364 e. The molecule has 0 aliphatic carbocycles. The van der Waals surface area contributed by atoms with Crippen molar-refractivity contribution in [1.29, 1.82) is 0 Å². The first kappa shape index (κ1) is 16.5. The quantitative estimate of drug-likeness (QED) is 0.897. The number of carbonyl (C=O) groups excluding carboxylic acids is 1. The molecular weight excluding hydrogens is 308 g/mol. The van der Waals surface area contributed by atoms with Gasteiger partial charge in [-0.05, 0) is 19.9 Å². The highest BCUT2D eigenvalue weighted by molar-refractivity contribution is 5.74. The van der Waals surface area contributed by atoms with Crippen LogP contribution in [0.4, 0.5) is 4.79 Å². The van der Waals surface area contributed by atoms with E-state index in [4.69, 9.17) is 4.52 Å². The van der Waals surface area contributed by atoms with Gasteiger partial charge in [-0.1, -0.05) is 5.16 Å². The van der Waals surface area contributed by atoms with Crippen molar-refractivity contribution in [2.75, 3.05) is 26.2 Å². The van der Waals surface area contributed by atoms with Crippen LogP contribution in [-0.2, 0) is 13.1 Å². The van der Waals surface area contributed by atoms with Gasteiger partial charge in [0.05, 0.1) is 17.9 Å². The predicted octanol–water partition coefficient (Wildman–Crippen LogP) is 1.48. The normalized spacial score (nSPS) is 15.9. The van der Waals surface area contributed by atoms with Crippen molar-refractivity contribution in [3.8, 4) is 0 Å². The first-order chi connectivity index (χ1) is 11.6. The largest absolute Gasteiger partial charge is 0.364 e. The van der Waals surface area contributed by atoms with Gasteiger partial charge in [0, 0.05) is 51.0 Å². The topological polar surface area (TPSA) is 79.4 Å². The summed E-state index contributed by atoms with van der Waals surface area (Å²) >= 11 is 0. The van der Waals surface area contributed by atoms with Crippen LogP contribution in [0, 0.1) is 0 Å². The fraction of sp³-hybridized carbons (Fsp3) is 0.562. The monoisotopic (exact) mass is 332 g/mol. The number of hydrogen-bond acceptors (Lipinski definition) is 5. The van der Waals surface area contributed by atoms with Crippen LogP contribution in [0.15, 0.2) is 29.1 Å². The molecule has 0 atom stereocenters. The first-order valence-electron chi connectivity index (χ1n) is 8.30. The maximum atomic E-state index is 12.3. The van der Waals surface area contributed by atoms with Crippen LogP contribution >= 0.6 is 0 Å². The zero-order valence-electron chi connectivity index (χ0n) is 14.2. The van der Waals surface area contributed by atoms with Crippen LogP contribution in [0.5, 0.6) is 0 Å². The molecule has 0 saturated carbocycles. The molecule has 0 bridgehead atoms. The number of urea groups is 1. The zero-order chi connectivity index (χ0) is 16.9. The molecule has 2 amide bonds. The Balaban J connectivity index is 1.41. The van der Waals surface area contributed by atoms with Gasteiger partial charge in [0.1, 0.15) is 6.26 Å². The van der Waals surface area contributed by atoms with Crippen molar-refractivity contribution in [3.05, 3.63) is 36.0 Å². The number of aromatic nitrogens is 3. The molecule has 1 N–H and O–H groups in total. The van der Waals surface area contributed by atoms with E-state index in [1.54, 1.807) is 6.26 Å². The summed E-state index contributed by atoms with van der Waals surface area (Å²) < 4.78 is 6.74. The van der Waals surface area contributed by atoms with Gasteiger partial charge < -0.3 is 14.7 Å². The molecule has 0 aromatic carbocycles. The summed E-state index contributed by atoms with van der Waals surface area (Å²) in [5.74, 6) is 0. The summed E-state index contributed by atoms with van der Waals surface area (Å²) in [6, 6.07) is 4.10. The molecule has 8 heteroatoms. The van der Waals surface area contributed by atoms with Crippen LogP contribution in [0.3, 0.4) is 0 Å². The Bertz CT molecular complexity index is 643. The van der Waals surface area contributed by atoms with Crippen molar-refractivity contribution in [2.24, 2.45) is 0 Å². The van der Waals surface area contributed by atoms with E-state index < -0.39 is 0 Å². The fourth-order valence-corrected chi connectivity index (χ4v) is 2.69. The average Bonchev–Trinajstić information content (AvgIpc) is 3.25. The molecule has 2 aromatic heterocycles. The highest BCUT2D eigenvalue weighted by Gasteiger charge is 2.21. The van der Waals surface area contributed by atoms with Gasteiger partial charge >= 0.3 is 6.03 Å². The molecule has 8 nitrogen and oxygen atoms in total. The standard InChI is InChI=1S/C16H24N6O2/c1-13(2)22-5-3-14(18-22)11-17-16(23)21-8-6-20(7-9-21)12-15-4-10-24-19-15/h3-5,10,13H,6-9,11-12H2,1-2H3,(H,17,23). The number of nitrogens with one attached hydrogen (secondary N) is 1. The lowest BCUT2D eigenvalue weighted by molar-refractivity contribution is 0.133. The summed E-state index contributed by atoms with van der Waals surface area (Å²) in [5, 5.41) is 11.3. The first-order valence-corrected chi connectivity index (χ1v) is 8.30. The summed E-state index contributed by atoms with van der Waals surface area (Å²) in [6.45, 7) is 8.47. The Morgan fingerprint density at radius 3 is 2.67 bits per heavy atom. The van der Waals surface area contributed by atoms with Crippen LogP contribution in [0.25, 0.3) is 0 Å². The van der Waals surface area contributed by atoms with E-state index >= 15 is 0 Å². The van der Waals surface area contributed by atoms with E-state index in [0.29, 0.717) is 25.7 Å². The van der Waals surface area contributed by atoms with E-state index in [2.05, 4.69) is 34.3 Å². The van der Waals surface area contributed by atoms with Crippen LogP contribution < -0.4 is 5.32 Å². The van der Waals surface area contributed by atoms with Gasteiger partial charge in [0.15, 0.2) is 0 Å². The molecule has 3 heterocycles. The third kappa shape index (κ3) is 4.14. The third-order valence-electron chi connectivity index (χ3n) is 4.15. The Morgan fingerprint density at radius 1 is 1.25 bits per heavy atom. The van der Waals surface area contributed by atoms with Crippen molar-refractivity contribution < 1.29 is 9.32 Å². The molecule has 0 unspecified atom stereocenters. The highest BCUT2D eigenvalue weighted by atomic mass is 16.5. The number of piperazine rings is 1. The number of carbonyl (C=O) groups is 1. The second kappa shape index (κ2) is 7.48. The van der Waals surface area contributed by atoms with E-state index in [9.17, 15) is 4.79 Å². The van der Waals surface area contributed by atoms with Gasteiger partial charge in [-0.25, -0.2) is 4.79 Å². The van der Waals surface area contributed by atoms with Crippen molar-refractivity contribution in [2.45, 2.75) is 33.0 Å². The smallest absolute Gasteiger partial charge is 0.317 e. The van der Waals surface area contributed by atoms with Gasteiger partial charge in [-0.3, -0.25) is 9.58 Å². The number of rotatable bonds is 5. The lowest BCUT2D eigenvalue weighted by Crippen LogP contribution is -2.51. The van der Waals surface area contributed by atoms with Gasteiger partial charge in [0.2, 0.25) is 0 Å². The maximum absolute atomic E-state index is 12.3. The maximum Gasteiger partial charge on any atom is 0.317 e. The molecule has 0 radical (unpaired) electrons. The summed E-state index contributed by atoms with van der Waals surface area (Å²) in [4.78, 5) is 16.4.